The van der Waals surface area contributed by atoms with E-state index in [9.17, 15) is 0 Å². The Labute approximate surface area is 114 Å². The third-order valence-corrected chi connectivity index (χ3v) is 3.37. The molecule has 0 saturated heterocycles. The zero-order valence-corrected chi connectivity index (χ0v) is 12.0. The van der Waals surface area contributed by atoms with Crippen LogP contribution in [0.5, 0.6) is 0 Å². The summed E-state index contributed by atoms with van der Waals surface area (Å²) in [4.78, 5) is 4.33. The Bertz CT molecular complexity index is 580. The highest BCUT2D eigenvalue weighted by atomic mass is 15.0. The first kappa shape index (κ1) is 13.4. The van der Waals surface area contributed by atoms with Gasteiger partial charge in [0.15, 0.2) is 0 Å². The smallest absolute Gasteiger partial charge is 0.129 e. The SMILES string of the molecule is Cc1cc(C)c(CNc2ncc(N)cc2C)c(C)c1. The molecule has 0 aliphatic carbocycles. The van der Waals surface area contributed by atoms with Crippen molar-refractivity contribution in [3.05, 3.63) is 52.2 Å². The van der Waals surface area contributed by atoms with Gasteiger partial charge >= 0.3 is 0 Å². The van der Waals surface area contributed by atoms with Crippen LogP contribution in [0.25, 0.3) is 0 Å². The number of rotatable bonds is 3. The van der Waals surface area contributed by atoms with E-state index in [4.69, 9.17) is 5.73 Å². The minimum Gasteiger partial charge on any atom is -0.397 e. The molecular weight excluding hydrogens is 234 g/mol. The molecule has 0 unspecified atom stereocenters. The summed E-state index contributed by atoms with van der Waals surface area (Å²) in [5.41, 5.74) is 12.8. The molecule has 0 atom stereocenters. The largest absolute Gasteiger partial charge is 0.397 e. The van der Waals surface area contributed by atoms with Crippen LogP contribution in [0.2, 0.25) is 0 Å². The van der Waals surface area contributed by atoms with Crippen LogP contribution in [0.1, 0.15) is 27.8 Å². The van der Waals surface area contributed by atoms with Gasteiger partial charge < -0.3 is 11.1 Å². The standard InChI is InChI=1S/C16H21N3/c1-10-5-11(2)15(12(3)6-10)9-19-16-13(4)7-14(17)8-18-16/h5-8H,9,17H2,1-4H3,(H,18,19). The van der Waals surface area contributed by atoms with Crippen LogP contribution in [0.4, 0.5) is 11.5 Å². The molecule has 0 fully saturated rings. The van der Waals surface area contributed by atoms with Crippen LogP contribution in [0, 0.1) is 27.7 Å². The van der Waals surface area contributed by atoms with Crippen LogP contribution >= 0.6 is 0 Å². The predicted molar refractivity (Wildman–Crippen MR) is 81.4 cm³/mol. The van der Waals surface area contributed by atoms with Crippen LogP contribution in [0.15, 0.2) is 24.4 Å². The Kier molecular flexibility index (Phi) is 3.74. The van der Waals surface area contributed by atoms with E-state index in [2.05, 4.69) is 43.2 Å². The number of nitrogens with one attached hydrogen (secondary N) is 1. The highest BCUT2D eigenvalue weighted by Crippen LogP contribution is 2.19. The molecule has 2 aromatic rings. The number of benzene rings is 1. The number of nitrogens with zero attached hydrogens (tertiary/aromatic N) is 1. The summed E-state index contributed by atoms with van der Waals surface area (Å²) in [6.07, 6.45) is 1.68. The summed E-state index contributed by atoms with van der Waals surface area (Å²) in [6.45, 7) is 9.24. The van der Waals surface area contributed by atoms with Crippen molar-refractivity contribution in [2.45, 2.75) is 34.2 Å². The average molecular weight is 255 g/mol. The maximum absolute atomic E-state index is 5.71. The minimum atomic E-state index is 0.700. The molecule has 0 saturated carbocycles. The third-order valence-electron chi connectivity index (χ3n) is 3.37. The number of hydrogen-bond acceptors (Lipinski definition) is 3. The second-order valence-corrected chi connectivity index (χ2v) is 5.16. The Morgan fingerprint density at radius 2 is 1.63 bits per heavy atom. The zero-order chi connectivity index (χ0) is 14.0. The molecule has 1 heterocycles. The monoisotopic (exact) mass is 255 g/mol. The van der Waals surface area contributed by atoms with Gasteiger partial charge in [0.1, 0.15) is 5.82 Å². The molecule has 0 radical (unpaired) electrons. The molecule has 0 amide bonds. The van der Waals surface area contributed by atoms with Gasteiger partial charge in [-0.1, -0.05) is 17.7 Å². The molecule has 1 aromatic heterocycles. The molecule has 0 aliphatic heterocycles. The van der Waals surface area contributed by atoms with Crippen molar-refractivity contribution in [3.8, 4) is 0 Å². The van der Waals surface area contributed by atoms with E-state index in [1.54, 1.807) is 6.20 Å². The van der Waals surface area contributed by atoms with Crippen LogP contribution in [-0.2, 0) is 6.54 Å². The molecule has 3 N–H and O–H groups in total. The number of aryl methyl sites for hydroxylation is 4. The van der Waals surface area contributed by atoms with Gasteiger partial charge in [0.25, 0.3) is 0 Å². The summed E-state index contributed by atoms with van der Waals surface area (Å²) in [5.74, 6) is 0.897. The lowest BCUT2D eigenvalue weighted by Crippen LogP contribution is -2.07. The van der Waals surface area contributed by atoms with E-state index < -0.39 is 0 Å². The fourth-order valence-corrected chi connectivity index (χ4v) is 2.44. The van der Waals surface area contributed by atoms with Gasteiger partial charge in [-0.2, -0.15) is 0 Å². The third kappa shape index (κ3) is 3.05. The summed E-state index contributed by atoms with van der Waals surface area (Å²) in [5, 5.41) is 3.39. The Morgan fingerprint density at radius 1 is 1.00 bits per heavy atom. The van der Waals surface area contributed by atoms with Gasteiger partial charge in [-0.3, -0.25) is 0 Å². The Morgan fingerprint density at radius 3 is 2.21 bits per heavy atom. The van der Waals surface area contributed by atoms with Crippen molar-refractivity contribution in [1.29, 1.82) is 0 Å². The summed E-state index contributed by atoms with van der Waals surface area (Å²) in [7, 11) is 0. The van der Waals surface area contributed by atoms with Crippen molar-refractivity contribution in [2.24, 2.45) is 0 Å². The Hall–Kier alpha value is -2.03. The van der Waals surface area contributed by atoms with Gasteiger partial charge in [0.2, 0.25) is 0 Å². The van der Waals surface area contributed by atoms with E-state index in [1.165, 1.54) is 22.3 Å². The predicted octanol–water partition coefficient (Wildman–Crippen LogP) is 3.51. The molecule has 0 spiro atoms. The molecule has 100 valence electrons. The molecular formula is C16H21N3. The highest BCUT2D eigenvalue weighted by molar-refractivity contribution is 5.51. The van der Waals surface area contributed by atoms with E-state index in [1.807, 2.05) is 13.0 Å². The van der Waals surface area contributed by atoms with E-state index >= 15 is 0 Å². The number of hydrogen-bond donors (Lipinski definition) is 2. The first-order chi connectivity index (χ1) is 8.97. The van der Waals surface area contributed by atoms with Gasteiger partial charge in [-0.05, 0) is 56.0 Å². The summed E-state index contributed by atoms with van der Waals surface area (Å²) in [6, 6.07) is 6.37. The molecule has 0 bridgehead atoms. The lowest BCUT2D eigenvalue weighted by Gasteiger charge is -2.14. The number of anilines is 2. The van der Waals surface area contributed by atoms with Crippen molar-refractivity contribution < 1.29 is 0 Å². The lowest BCUT2D eigenvalue weighted by atomic mass is 10.00. The van der Waals surface area contributed by atoms with Crippen molar-refractivity contribution in [3.63, 3.8) is 0 Å². The van der Waals surface area contributed by atoms with E-state index in [0.29, 0.717) is 5.69 Å². The topological polar surface area (TPSA) is 50.9 Å². The van der Waals surface area contributed by atoms with Crippen LogP contribution in [-0.4, -0.2) is 4.98 Å². The second-order valence-electron chi connectivity index (χ2n) is 5.16. The highest BCUT2D eigenvalue weighted by Gasteiger charge is 2.05. The number of nitrogen functional groups attached to an aromatic ring is 1. The fourth-order valence-electron chi connectivity index (χ4n) is 2.44. The van der Waals surface area contributed by atoms with E-state index in [0.717, 1.165) is 17.9 Å². The fraction of sp³-hybridized carbons (Fsp3) is 0.312. The van der Waals surface area contributed by atoms with Crippen LogP contribution in [0.3, 0.4) is 0 Å². The second kappa shape index (κ2) is 5.31. The molecule has 3 nitrogen and oxygen atoms in total. The first-order valence-corrected chi connectivity index (χ1v) is 6.50. The van der Waals surface area contributed by atoms with Gasteiger partial charge in [-0.25, -0.2) is 4.98 Å². The van der Waals surface area contributed by atoms with Gasteiger partial charge in [-0.15, -0.1) is 0 Å². The van der Waals surface area contributed by atoms with Crippen LogP contribution < -0.4 is 11.1 Å². The minimum absolute atomic E-state index is 0.700. The Balaban J connectivity index is 2.19. The van der Waals surface area contributed by atoms with Gasteiger partial charge in [0.05, 0.1) is 11.9 Å². The molecule has 1 aromatic carbocycles. The summed E-state index contributed by atoms with van der Waals surface area (Å²) < 4.78 is 0. The normalized spacial score (nSPS) is 10.5. The first-order valence-electron chi connectivity index (χ1n) is 6.50. The maximum Gasteiger partial charge on any atom is 0.129 e. The molecule has 3 heteroatoms. The number of nitrogens with two attached hydrogens (primary N) is 1. The van der Waals surface area contributed by atoms with Crippen molar-refractivity contribution >= 4 is 11.5 Å². The van der Waals surface area contributed by atoms with E-state index in [-0.39, 0.29) is 0 Å². The number of aromatic nitrogens is 1. The molecule has 19 heavy (non-hydrogen) atoms. The quantitative estimate of drug-likeness (QED) is 0.882. The van der Waals surface area contributed by atoms with Crippen molar-refractivity contribution in [2.75, 3.05) is 11.1 Å². The zero-order valence-electron chi connectivity index (χ0n) is 12.0. The lowest BCUT2D eigenvalue weighted by molar-refractivity contribution is 1.05. The molecule has 2 rings (SSSR count). The molecule has 0 aliphatic rings. The average Bonchev–Trinajstić information content (AvgIpc) is 2.30. The van der Waals surface area contributed by atoms with Crippen molar-refractivity contribution in [1.82, 2.24) is 4.98 Å². The summed E-state index contributed by atoms with van der Waals surface area (Å²) >= 11 is 0. The number of pyridine rings is 1. The maximum atomic E-state index is 5.71. The van der Waals surface area contributed by atoms with Gasteiger partial charge in [0, 0.05) is 6.54 Å².